The summed E-state index contributed by atoms with van der Waals surface area (Å²) >= 11 is 0. The number of morpholine rings is 1. The van der Waals surface area contributed by atoms with Gasteiger partial charge in [0.15, 0.2) is 5.96 Å². The molecule has 0 amide bonds. The first kappa shape index (κ1) is 19.2. The molecular weight excluding hydrogens is 330 g/mol. The van der Waals surface area contributed by atoms with Crippen LogP contribution in [0.2, 0.25) is 0 Å². The van der Waals surface area contributed by atoms with Crippen LogP contribution >= 0.6 is 0 Å². The Morgan fingerprint density at radius 2 is 2.12 bits per heavy atom. The van der Waals surface area contributed by atoms with Gasteiger partial charge in [-0.25, -0.2) is 0 Å². The topological polar surface area (TPSA) is 65.3 Å². The Balaban J connectivity index is 1.51. The minimum Gasteiger partial charge on any atom is -0.468 e. The van der Waals surface area contributed by atoms with Crippen molar-refractivity contribution in [1.82, 2.24) is 20.4 Å². The summed E-state index contributed by atoms with van der Waals surface area (Å²) in [5.41, 5.74) is 0. The van der Waals surface area contributed by atoms with Crippen LogP contribution in [0.4, 0.5) is 0 Å². The Labute approximate surface area is 156 Å². The first-order chi connectivity index (χ1) is 12.8. The Morgan fingerprint density at radius 1 is 1.27 bits per heavy atom. The molecule has 0 aliphatic carbocycles. The van der Waals surface area contributed by atoms with E-state index in [1.54, 1.807) is 6.26 Å². The lowest BCUT2D eigenvalue weighted by atomic mass is 10.1. The summed E-state index contributed by atoms with van der Waals surface area (Å²) in [6.07, 6.45) is 5.81. The van der Waals surface area contributed by atoms with Crippen LogP contribution in [-0.4, -0.2) is 81.8 Å². The summed E-state index contributed by atoms with van der Waals surface area (Å²) in [5.74, 6) is 1.84. The van der Waals surface area contributed by atoms with Crippen molar-refractivity contribution in [3.8, 4) is 0 Å². The van der Waals surface area contributed by atoms with E-state index in [2.05, 4.69) is 38.5 Å². The van der Waals surface area contributed by atoms with E-state index in [1.807, 2.05) is 13.1 Å². The normalized spacial score (nSPS) is 24.4. The summed E-state index contributed by atoms with van der Waals surface area (Å²) < 4.78 is 11.5. The van der Waals surface area contributed by atoms with Crippen molar-refractivity contribution in [1.29, 1.82) is 0 Å². The second-order valence-corrected chi connectivity index (χ2v) is 7.22. The number of hydrogen-bond acceptors (Lipinski definition) is 5. The molecule has 2 fully saturated rings. The van der Waals surface area contributed by atoms with Gasteiger partial charge in [0.1, 0.15) is 5.76 Å². The molecule has 0 radical (unpaired) electrons. The molecule has 7 heteroatoms. The fourth-order valence-corrected chi connectivity index (χ4v) is 3.74. The van der Waals surface area contributed by atoms with E-state index in [0.29, 0.717) is 0 Å². The van der Waals surface area contributed by atoms with E-state index in [0.717, 1.165) is 57.6 Å². The summed E-state index contributed by atoms with van der Waals surface area (Å²) in [7, 11) is 3.95. The molecule has 26 heavy (non-hydrogen) atoms. The highest BCUT2D eigenvalue weighted by atomic mass is 16.5. The molecule has 1 aromatic rings. The largest absolute Gasteiger partial charge is 0.468 e. The summed E-state index contributed by atoms with van der Waals surface area (Å²) in [6, 6.07) is 4.28. The fraction of sp³-hybridized carbons (Fsp3) is 0.737. The van der Waals surface area contributed by atoms with Crippen LogP contribution in [-0.2, 0) is 4.74 Å². The molecule has 7 nitrogen and oxygen atoms in total. The summed E-state index contributed by atoms with van der Waals surface area (Å²) in [4.78, 5) is 9.18. The van der Waals surface area contributed by atoms with Gasteiger partial charge in [-0.2, -0.15) is 0 Å². The van der Waals surface area contributed by atoms with Crippen LogP contribution in [0.25, 0.3) is 0 Å². The lowest BCUT2D eigenvalue weighted by Crippen LogP contribution is -2.49. The molecule has 0 bridgehead atoms. The van der Waals surface area contributed by atoms with Crippen LogP contribution in [0.5, 0.6) is 0 Å². The van der Waals surface area contributed by atoms with Crippen molar-refractivity contribution in [2.45, 2.75) is 31.4 Å². The number of nitrogens with zero attached hydrogens (tertiary/aromatic N) is 3. The molecule has 2 aliphatic rings. The van der Waals surface area contributed by atoms with Crippen LogP contribution in [0, 0.1) is 0 Å². The average molecular weight is 364 g/mol. The van der Waals surface area contributed by atoms with Crippen molar-refractivity contribution < 1.29 is 9.15 Å². The molecule has 0 aromatic carbocycles. The van der Waals surface area contributed by atoms with Gasteiger partial charge >= 0.3 is 0 Å². The Bertz CT molecular complexity index is 542. The van der Waals surface area contributed by atoms with E-state index in [4.69, 9.17) is 9.15 Å². The lowest BCUT2D eigenvalue weighted by Gasteiger charge is -2.34. The molecule has 2 unspecified atom stereocenters. The highest BCUT2D eigenvalue weighted by Gasteiger charge is 2.25. The molecule has 2 saturated heterocycles. The molecule has 2 aliphatic heterocycles. The van der Waals surface area contributed by atoms with Crippen molar-refractivity contribution in [3.63, 3.8) is 0 Å². The number of rotatable bonds is 6. The van der Waals surface area contributed by atoms with Gasteiger partial charge in [0.25, 0.3) is 0 Å². The molecular formula is C19H33N5O2. The summed E-state index contributed by atoms with van der Waals surface area (Å²) in [5, 5.41) is 6.88. The predicted octanol–water partition coefficient (Wildman–Crippen LogP) is 1.30. The van der Waals surface area contributed by atoms with Crippen LogP contribution in [0.15, 0.2) is 27.8 Å². The summed E-state index contributed by atoms with van der Waals surface area (Å²) in [6.45, 7) is 6.54. The number of ether oxygens (including phenoxy) is 1. The number of likely N-dealkylation sites (tertiary alicyclic amines) is 1. The number of nitrogens with one attached hydrogen (secondary N) is 2. The van der Waals surface area contributed by atoms with E-state index >= 15 is 0 Å². The maximum atomic E-state index is 5.81. The van der Waals surface area contributed by atoms with Crippen molar-refractivity contribution in [2.75, 3.05) is 60.0 Å². The van der Waals surface area contributed by atoms with E-state index in [9.17, 15) is 0 Å². The zero-order valence-electron chi connectivity index (χ0n) is 16.1. The highest BCUT2D eigenvalue weighted by molar-refractivity contribution is 5.79. The van der Waals surface area contributed by atoms with Crippen molar-refractivity contribution in [3.05, 3.63) is 24.2 Å². The highest BCUT2D eigenvalue weighted by Crippen LogP contribution is 2.24. The number of hydrogen-bond donors (Lipinski definition) is 2. The molecule has 146 valence electrons. The maximum Gasteiger partial charge on any atom is 0.191 e. The molecule has 3 rings (SSSR count). The van der Waals surface area contributed by atoms with Crippen LogP contribution in [0.1, 0.15) is 31.1 Å². The van der Waals surface area contributed by atoms with Crippen molar-refractivity contribution >= 4 is 5.96 Å². The third kappa shape index (κ3) is 5.46. The second-order valence-electron chi connectivity index (χ2n) is 7.22. The van der Waals surface area contributed by atoms with Gasteiger partial charge in [0.2, 0.25) is 0 Å². The molecule has 1 aromatic heterocycles. The van der Waals surface area contributed by atoms with Gasteiger partial charge in [-0.1, -0.05) is 6.42 Å². The smallest absolute Gasteiger partial charge is 0.191 e. The zero-order valence-corrected chi connectivity index (χ0v) is 16.1. The SMILES string of the molecule is CN=C(NCC1CN(C)CCO1)NCC(c1ccco1)N1CCCCC1. The minimum atomic E-state index is 0.204. The monoisotopic (exact) mass is 363 g/mol. The van der Waals surface area contributed by atoms with Gasteiger partial charge in [-0.15, -0.1) is 0 Å². The molecule has 2 N–H and O–H groups in total. The molecule has 0 spiro atoms. The van der Waals surface area contributed by atoms with Gasteiger partial charge in [0.05, 0.1) is 25.0 Å². The zero-order chi connectivity index (χ0) is 18.2. The molecule has 2 atom stereocenters. The number of likely N-dealkylation sites (N-methyl/N-ethyl adjacent to an activating group) is 1. The maximum absolute atomic E-state index is 5.81. The molecule has 3 heterocycles. The number of guanidine groups is 1. The third-order valence-electron chi connectivity index (χ3n) is 5.23. The average Bonchev–Trinajstić information content (AvgIpc) is 3.20. The van der Waals surface area contributed by atoms with Gasteiger partial charge in [-0.3, -0.25) is 9.89 Å². The van der Waals surface area contributed by atoms with Crippen LogP contribution < -0.4 is 10.6 Å². The predicted molar refractivity (Wildman–Crippen MR) is 103 cm³/mol. The van der Waals surface area contributed by atoms with Gasteiger partial charge in [-0.05, 0) is 45.1 Å². The Kier molecular flexibility index (Phi) is 7.34. The quantitative estimate of drug-likeness (QED) is 0.587. The third-order valence-corrected chi connectivity index (χ3v) is 5.23. The first-order valence-electron chi connectivity index (χ1n) is 9.78. The standard InChI is InChI=1S/C19H33N5O2/c1-20-19(21-13-16-15-23(2)10-12-25-16)22-14-17(18-7-6-11-26-18)24-8-4-3-5-9-24/h6-7,11,16-17H,3-5,8-10,12-15H2,1-2H3,(H2,20,21,22). The van der Waals surface area contributed by atoms with E-state index in [-0.39, 0.29) is 12.1 Å². The minimum absolute atomic E-state index is 0.204. The number of piperidine rings is 1. The number of aliphatic imine (C=N–C) groups is 1. The van der Waals surface area contributed by atoms with Gasteiger partial charge in [0, 0.05) is 33.2 Å². The Hall–Kier alpha value is -1.57. The van der Waals surface area contributed by atoms with E-state index in [1.165, 1.54) is 19.3 Å². The first-order valence-corrected chi connectivity index (χ1v) is 9.78. The van der Waals surface area contributed by atoms with Crippen molar-refractivity contribution in [2.24, 2.45) is 4.99 Å². The van der Waals surface area contributed by atoms with Crippen LogP contribution in [0.3, 0.4) is 0 Å². The lowest BCUT2D eigenvalue weighted by molar-refractivity contribution is -0.0161. The van der Waals surface area contributed by atoms with E-state index < -0.39 is 0 Å². The number of furan rings is 1. The second kappa shape index (κ2) is 9.94. The fourth-order valence-electron chi connectivity index (χ4n) is 3.74. The Morgan fingerprint density at radius 3 is 2.81 bits per heavy atom. The molecule has 0 saturated carbocycles. The van der Waals surface area contributed by atoms with Gasteiger partial charge < -0.3 is 24.7 Å².